The van der Waals surface area contributed by atoms with Crippen LogP contribution in [0.2, 0.25) is 0 Å². The predicted molar refractivity (Wildman–Crippen MR) is 94.5 cm³/mol. The van der Waals surface area contributed by atoms with Crippen molar-refractivity contribution >= 4 is 22.4 Å². The lowest BCUT2D eigenvalue weighted by molar-refractivity contribution is 0.184. The molecule has 1 aliphatic rings. The molecule has 132 valence electrons. The van der Waals surface area contributed by atoms with Gasteiger partial charge in [0.05, 0.1) is 11.5 Å². The highest BCUT2D eigenvalue weighted by Crippen LogP contribution is 2.23. The molecule has 1 saturated heterocycles. The molecule has 0 atom stereocenters. The van der Waals surface area contributed by atoms with Crippen LogP contribution in [0.1, 0.15) is 31.7 Å². The van der Waals surface area contributed by atoms with E-state index in [9.17, 15) is 8.42 Å². The second kappa shape index (κ2) is 9.59. The van der Waals surface area contributed by atoms with Crippen LogP contribution in [0.3, 0.4) is 0 Å². The molecule has 1 heterocycles. The fraction of sp³-hybridized carbons (Fsp3) is 0.625. The fourth-order valence-electron chi connectivity index (χ4n) is 2.91. The third-order valence-electron chi connectivity index (χ3n) is 3.98. The molecule has 1 fully saturated rings. The van der Waals surface area contributed by atoms with E-state index in [4.69, 9.17) is 4.74 Å². The average molecular weight is 363 g/mol. The van der Waals surface area contributed by atoms with Crippen molar-refractivity contribution in [2.75, 3.05) is 26.7 Å². The zero-order valence-electron chi connectivity index (χ0n) is 13.8. The van der Waals surface area contributed by atoms with Crippen LogP contribution in [0.15, 0.2) is 29.2 Å². The van der Waals surface area contributed by atoms with Crippen molar-refractivity contribution < 1.29 is 13.2 Å². The van der Waals surface area contributed by atoms with E-state index in [1.54, 1.807) is 29.6 Å². The van der Waals surface area contributed by atoms with E-state index in [-0.39, 0.29) is 18.4 Å². The number of rotatable bonds is 7. The second-order valence-corrected chi connectivity index (χ2v) is 7.57. The van der Waals surface area contributed by atoms with Crippen LogP contribution in [0, 0.1) is 0 Å². The van der Waals surface area contributed by atoms with Gasteiger partial charge in [0.2, 0.25) is 10.0 Å². The minimum Gasteiger partial charge on any atom is -0.380 e. The number of nitrogens with zero attached hydrogens (tertiary/aromatic N) is 1. The zero-order valence-corrected chi connectivity index (χ0v) is 15.5. The summed E-state index contributed by atoms with van der Waals surface area (Å²) in [6, 6.07) is 7.17. The fourth-order valence-corrected chi connectivity index (χ4v) is 4.76. The molecule has 0 unspecified atom stereocenters. The highest BCUT2D eigenvalue weighted by atomic mass is 35.5. The van der Waals surface area contributed by atoms with Gasteiger partial charge in [0.25, 0.3) is 0 Å². The van der Waals surface area contributed by atoms with Gasteiger partial charge in [-0.25, -0.2) is 8.42 Å². The first kappa shape index (κ1) is 20.4. The summed E-state index contributed by atoms with van der Waals surface area (Å²) >= 11 is 0. The summed E-state index contributed by atoms with van der Waals surface area (Å²) in [6.07, 6.45) is 2.56. The molecule has 7 heteroatoms. The predicted octanol–water partition coefficient (Wildman–Crippen LogP) is 2.41. The van der Waals surface area contributed by atoms with Gasteiger partial charge >= 0.3 is 0 Å². The van der Waals surface area contributed by atoms with E-state index in [2.05, 4.69) is 5.32 Å². The Bertz CT molecular complexity index is 574. The number of piperidine rings is 1. The van der Waals surface area contributed by atoms with Crippen LogP contribution in [-0.2, 0) is 21.4 Å². The monoisotopic (exact) mass is 362 g/mol. The number of halogens is 1. The van der Waals surface area contributed by atoms with Crippen LogP contribution >= 0.6 is 12.4 Å². The van der Waals surface area contributed by atoms with Crippen molar-refractivity contribution in [2.45, 2.75) is 43.7 Å². The zero-order chi connectivity index (χ0) is 16.0. The number of methoxy groups -OCH3 is 1. The number of sulfonamides is 1. The molecule has 0 radical (unpaired) electrons. The standard InChI is InChI=1S/C16H26N2O3S.ClH/c1-3-11-18(15-7-9-17-10-8-15)22(19,20)16-6-4-5-14(12-16)13-21-2;/h4-6,12,15,17H,3,7-11,13H2,1-2H3;1H. The Hall–Kier alpha value is -0.660. The molecular formula is C16H27ClN2O3S. The first-order valence-corrected chi connectivity index (χ1v) is 9.34. The van der Waals surface area contributed by atoms with E-state index in [0.717, 1.165) is 37.9 Å². The molecule has 23 heavy (non-hydrogen) atoms. The van der Waals surface area contributed by atoms with Gasteiger partial charge in [-0.15, -0.1) is 12.4 Å². The molecule has 1 aromatic carbocycles. The van der Waals surface area contributed by atoms with Crippen molar-refractivity contribution in [1.29, 1.82) is 0 Å². The molecule has 1 aromatic rings. The summed E-state index contributed by atoms with van der Waals surface area (Å²) in [6.45, 7) is 4.77. The summed E-state index contributed by atoms with van der Waals surface area (Å²) in [5.41, 5.74) is 0.880. The highest BCUT2D eigenvalue weighted by Gasteiger charge is 2.31. The average Bonchev–Trinajstić information content (AvgIpc) is 2.54. The van der Waals surface area contributed by atoms with E-state index >= 15 is 0 Å². The Labute approximate surface area is 145 Å². The Morgan fingerprint density at radius 3 is 2.61 bits per heavy atom. The summed E-state index contributed by atoms with van der Waals surface area (Å²) in [4.78, 5) is 0.369. The van der Waals surface area contributed by atoms with E-state index in [0.29, 0.717) is 18.0 Å². The lowest BCUT2D eigenvalue weighted by atomic mass is 10.1. The van der Waals surface area contributed by atoms with E-state index in [1.807, 2.05) is 13.0 Å². The van der Waals surface area contributed by atoms with Crippen molar-refractivity contribution in [3.05, 3.63) is 29.8 Å². The smallest absolute Gasteiger partial charge is 0.243 e. The highest BCUT2D eigenvalue weighted by molar-refractivity contribution is 7.89. The molecule has 2 rings (SSSR count). The summed E-state index contributed by atoms with van der Waals surface area (Å²) in [5.74, 6) is 0. The maximum Gasteiger partial charge on any atom is 0.243 e. The lowest BCUT2D eigenvalue weighted by Gasteiger charge is -2.33. The molecule has 1 aliphatic heterocycles. The van der Waals surface area contributed by atoms with Crippen LogP contribution in [0.25, 0.3) is 0 Å². The number of hydrogen-bond acceptors (Lipinski definition) is 4. The summed E-state index contributed by atoms with van der Waals surface area (Å²) in [7, 11) is -1.84. The molecule has 0 aromatic heterocycles. The van der Waals surface area contributed by atoms with Crippen LogP contribution in [0.5, 0.6) is 0 Å². The van der Waals surface area contributed by atoms with E-state index in [1.165, 1.54) is 0 Å². The third-order valence-corrected chi connectivity index (χ3v) is 5.92. The lowest BCUT2D eigenvalue weighted by Crippen LogP contribution is -2.46. The molecule has 1 N–H and O–H groups in total. The Morgan fingerprint density at radius 2 is 2.00 bits per heavy atom. The largest absolute Gasteiger partial charge is 0.380 e. The van der Waals surface area contributed by atoms with Gasteiger partial charge in [-0.1, -0.05) is 19.1 Å². The topological polar surface area (TPSA) is 58.6 Å². The third kappa shape index (κ3) is 5.16. The SMILES string of the molecule is CCCN(C1CCNCC1)S(=O)(=O)c1cccc(COC)c1.Cl. The van der Waals surface area contributed by atoms with Crippen molar-refractivity contribution in [1.82, 2.24) is 9.62 Å². The molecule has 0 saturated carbocycles. The number of benzene rings is 1. The Morgan fingerprint density at radius 1 is 1.30 bits per heavy atom. The minimum absolute atomic E-state index is 0. The summed E-state index contributed by atoms with van der Waals surface area (Å²) < 4.78 is 32.9. The molecule has 0 amide bonds. The van der Waals surface area contributed by atoms with Crippen molar-refractivity contribution in [2.24, 2.45) is 0 Å². The maximum absolute atomic E-state index is 13.0. The van der Waals surface area contributed by atoms with Crippen molar-refractivity contribution in [3.63, 3.8) is 0 Å². The quantitative estimate of drug-likeness (QED) is 0.809. The van der Waals surface area contributed by atoms with Gasteiger partial charge in [0.1, 0.15) is 0 Å². The molecule has 5 nitrogen and oxygen atoms in total. The number of ether oxygens (including phenoxy) is 1. The minimum atomic E-state index is -3.45. The molecular weight excluding hydrogens is 336 g/mol. The van der Waals surface area contributed by atoms with Crippen LogP contribution in [-0.4, -0.2) is 45.5 Å². The molecule has 0 aliphatic carbocycles. The van der Waals surface area contributed by atoms with E-state index < -0.39 is 10.0 Å². The maximum atomic E-state index is 13.0. The summed E-state index contributed by atoms with van der Waals surface area (Å²) in [5, 5.41) is 3.29. The van der Waals surface area contributed by atoms with Gasteiger partial charge in [-0.3, -0.25) is 0 Å². The van der Waals surface area contributed by atoms with Gasteiger partial charge in [-0.05, 0) is 50.0 Å². The first-order valence-electron chi connectivity index (χ1n) is 7.90. The first-order chi connectivity index (χ1) is 10.6. The van der Waals surface area contributed by atoms with Crippen molar-refractivity contribution in [3.8, 4) is 0 Å². The van der Waals surface area contributed by atoms with Gasteiger partial charge < -0.3 is 10.1 Å². The van der Waals surface area contributed by atoms with Gasteiger partial charge in [-0.2, -0.15) is 4.31 Å². The number of hydrogen-bond donors (Lipinski definition) is 1. The van der Waals surface area contributed by atoms with Crippen LogP contribution < -0.4 is 5.32 Å². The Kier molecular flexibility index (Phi) is 8.50. The van der Waals surface area contributed by atoms with Gasteiger partial charge in [0.15, 0.2) is 0 Å². The molecule has 0 bridgehead atoms. The van der Waals surface area contributed by atoms with Crippen LogP contribution in [0.4, 0.5) is 0 Å². The normalized spacial score (nSPS) is 16.3. The molecule has 0 spiro atoms. The van der Waals surface area contributed by atoms with Gasteiger partial charge in [0, 0.05) is 19.7 Å². The second-order valence-electron chi connectivity index (χ2n) is 5.68. The number of nitrogens with one attached hydrogen (secondary N) is 1. The Balaban J connectivity index is 0.00000264.